The average molecular weight is 1400 g/mol. The molecule has 0 radical (unpaired) electrons. The van der Waals surface area contributed by atoms with Crippen LogP contribution in [0.2, 0.25) is 0 Å². The molecule has 19 heteroatoms. The standard InChI is InChI=1S/C76H148O17P2/c1-9-69(8)55-47-39-30-24-20-16-13-14-18-22-26-32-43-51-59-76(81)93-72(63-87-74(79)57-49-41-35-34-38-46-54-68(6)7)65-91-95(84,85)89-61-70(77)60-88-94(82,83)90-64-71(62-86-73(78)56-48-40-33-27-29-37-45-53-67(4)5)92-75(80)58-50-42-31-25-21-17-12-10-11-15-19-23-28-36-44-52-66(2)3/h66-72,77H,9-65H2,1-8H3,(H,82,83)(H,84,85)/t69?,70?,71-,72-/m1/s1. The predicted octanol–water partition coefficient (Wildman–Crippen LogP) is 22.0. The molecule has 95 heavy (non-hydrogen) atoms. The van der Waals surface area contributed by atoms with Gasteiger partial charge in [-0.1, -0.05) is 331 Å². The lowest BCUT2D eigenvalue weighted by molar-refractivity contribution is -0.161. The van der Waals surface area contributed by atoms with Crippen molar-refractivity contribution in [2.75, 3.05) is 39.6 Å². The van der Waals surface area contributed by atoms with Gasteiger partial charge in [0.25, 0.3) is 0 Å². The molecule has 4 unspecified atom stereocenters. The Hall–Kier alpha value is -1.94. The van der Waals surface area contributed by atoms with Crippen LogP contribution in [0.1, 0.15) is 383 Å². The van der Waals surface area contributed by atoms with E-state index in [2.05, 4.69) is 55.4 Å². The monoisotopic (exact) mass is 1400 g/mol. The highest BCUT2D eigenvalue weighted by Crippen LogP contribution is 2.45. The van der Waals surface area contributed by atoms with Crippen molar-refractivity contribution in [1.29, 1.82) is 0 Å². The minimum Gasteiger partial charge on any atom is -0.462 e. The maximum absolute atomic E-state index is 13.1. The molecular weight excluding hydrogens is 1250 g/mol. The van der Waals surface area contributed by atoms with Crippen molar-refractivity contribution < 1.29 is 80.2 Å². The third-order valence-corrected chi connectivity index (χ3v) is 19.8. The second-order valence-corrected chi connectivity index (χ2v) is 32.0. The number of rotatable bonds is 73. The van der Waals surface area contributed by atoms with Gasteiger partial charge in [-0.15, -0.1) is 0 Å². The summed E-state index contributed by atoms with van der Waals surface area (Å²) in [6.45, 7) is 14.1. The molecule has 0 bridgehead atoms. The summed E-state index contributed by atoms with van der Waals surface area (Å²) in [7, 11) is -9.91. The van der Waals surface area contributed by atoms with Crippen LogP contribution >= 0.6 is 15.6 Å². The first-order chi connectivity index (χ1) is 45.6. The fraction of sp³-hybridized carbons (Fsp3) is 0.947. The van der Waals surface area contributed by atoms with Crippen LogP contribution in [0.15, 0.2) is 0 Å². The van der Waals surface area contributed by atoms with E-state index in [1.54, 1.807) is 0 Å². The molecule has 0 heterocycles. The maximum Gasteiger partial charge on any atom is 0.472 e. The second-order valence-electron chi connectivity index (χ2n) is 29.1. The molecular formula is C76H148O17P2. The average Bonchev–Trinajstić information content (AvgIpc) is 2.01. The lowest BCUT2D eigenvalue weighted by Crippen LogP contribution is -2.30. The van der Waals surface area contributed by atoms with E-state index in [-0.39, 0.29) is 25.7 Å². The molecule has 0 aliphatic heterocycles. The maximum atomic E-state index is 13.1. The third kappa shape index (κ3) is 69.0. The van der Waals surface area contributed by atoms with Crippen molar-refractivity contribution in [2.24, 2.45) is 23.7 Å². The molecule has 3 N–H and O–H groups in total. The first-order valence-electron chi connectivity index (χ1n) is 39.2. The predicted molar refractivity (Wildman–Crippen MR) is 386 cm³/mol. The number of ether oxygens (including phenoxy) is 4. The Morgan fingerprint density at radius 3 is 0.747 bits per heavy atom. The Morgan fingerprint density at radius 2 is 0.505 bits per heavy atom. The second kappa shape index (κ2) is 65.4. The molecule has 564 valence electrons. The van der Waals surface area contributed by atoms with Gasteiger partial charge in [0.1, 0.15) is 19.3 Å². The molecule has 0 aliphatic carbocycles. The Morgan fingerprint density at radius 1 is 0.295 bits per heavy atom. The van der Waals surface area contributed by atoms with Gasteiger partial charge >= 0.3 is 39.5 Å². The van der Waals surface area contributed by atoms with Crippen LogP contribution in [0.5, 0.6) is 0 Å². The lowest BCUT2D eigenvalue weighted by atomic mass is 9.99. The summed E-state index contributed by atoms with van der Waals surface area (Å²) in [6.07, 6.45) is 50.2. The quantitative estimate of drug-likeness (QED) is 0.0222. The summed E-state index contributed by atoms with van der Waals surface area (Å²) in [5.74, 6) is 0.909. The SMILES string of the molecule is CCC(C)CCCCCCCCCCCCCCCCC(=O)O[C@H](COC(=O)CCCCCCCCC(C)C)COP(=O)(O)OCC(O)COP(=O)(O)OC[C@@H](COC(=O)CCCCCCCCCC(C)C)OC(=O)CCCCCCCCCCCCCCCCCC(C)C. The van der Waals surface area contributed by atoms with E-state index in [1.807, 2.05) is 0 Å². The van der Waals surface area contributed by atoms with E-state index in [1.165, 1.54) is 173 Å². The molecule has 0 amide bonds. The number of carbonyl (C=O) groups is 4. The molecule has 17 nitrogen and oxygen atoms in total. The molecule has 0 fully saturated rings. The van der Waals surface area contributed by atoms with Gasteiger partial charge in [0.05, 0.1) is 26.4 Å². The van der Waals surface area contributed by atoms with Gasteiger partial charge in [-0.2, -0.15) is 0 Å². The zero-order chi connectivity index (χ0) is 70.3. The molecule has 0 saturated carbocycles. The van der Waals surface area contributed by atoms with Gasteiger partial charge in [-0.05, 0) is 49.4 Å². The number of unbranched alkanes of at least 4 members (excludes halogenated alkanes) is 38. The number of phosphoric acid groups is 2. The minimum atomic E-state index is -4.96. The Kier molecular flexibility index (Phi) is 64.0. The molecule has 0 aromatic heterocycles. The highest BCUT2D eigenvalue weighted by Gasteiger charge is 2.30. The molecule has 0 spiro atoms. The molecule has 0 aliphatic rings. The molecule has 6 atom stereocenters. The van der Waals surface area contributed by atoms with Gasteiger partial charge in [0.2, 0.25) is 0 Å². The van der Waals surface area contributed by atoms with Gasteiger partial charge in [-0.25, -0.2) is 9.13 Å². The first kappa shape index (κ1) is 93.1. The number of phosphoric ester groups is 2. The van der Waals surface area contributed by atoms with Crippen molar-refractivity contribution in [3.63, 3.8) is 0 Å². The molecule has 0 rings (SSSR count). The van der Waals surface area contributed by atoms with E-state index >= 15 is 0 Å². The fourth-order valence-electron chi connectivity index (χ4n) is 11.5. The van der Waals surface area contributed by atoms with Crippen molar-refractivity contribution in [2.45, 2.75) is 401 Å². The van der Waals surface area contributed by atoms with Crippen molar-refractivity contribution >= 4 is 39.5 Å². The van der Waals surface area contributed by atoms with E-state index in [4.69, 9.17) is 37.0 Å². The van der Waals surface area contributed by atoms with Crippen LogP contribution in [0.25, 0.3) is 0 Å². The van der Waals surface area contributed by atoms with Crippen LogP contribution < -0.4 is 0 Å². The van der Waals surface area contributed by atoms with E-state index < -0.39 is 97.5 Å². The van der Waals surface area contributed by atoms with Gasteiger partial charge in [0, 0.05) is 25.7 Å². The molecule has 0 aromatic carbocycles. The van der Waals surface area contributed by atoms with Crippen molar-refractivity contribution in [3.8, 4) is 0 Å². The summed E-state index contributed by atoms with van der Waals surface area (Å²) in [5.41, 5.74) is 0. The number of esters is 4. The number of aliphatic hydroxyl groups excluding tert-OH is 1. The Labute approximate surface area is 581 Å². The zero-order valence-electron chi connectivity index (χ0n) is 62.3. The highest BCUT2D eigenvalue weighted by atomic mass is 31.2. The Bertz CT molecular complexity index is 1870. The zero-order valence-corrected chi connectivity index (χ0v) is 64.1. The molecule has 0 aromatic rings. The number of hydrogen-bond donors (Lipinski definition) is 3. The normalized spacial score (nSPS) is 14.4. The molecule has 0 saturated heterocycles. The summed E-state index contributed by atoms with van der Waals surface area (Å²) >= 11 is 0. The highest BCUT2D eigenvalue weighted by molar-refractivity contribution is 7.47. The van der Waals surface area contributed by atoms with Crippen molar-refractivity contribution in [3.05, 3.63) is 0 Å². The number of carbonyl (C=O) groups excluding carboxylic acids is 4. The van der Waals surface area contributed by atoms with Gasteiger partial charge in [-0.3, -0.25) is 37.3 Å². The first-order valence-corrected chi connectivity index (χ1v) is 42.2. The van der Waals surface area contributed by atoms with Crippen LogP contribution in [0, 0.1) is 23.7 Å². The van der Waals surface area contributed by atoms with Gasteiger partial charge < -0.3 is 33.8 Å². The summed E-state index contributed by atoms with van der Waals surface area (Å²) in [5, 5.41) is 10.6. The summed E-state index contributed by atoms with van der Waals surface area (Å²) in [4.78, 5) is 72.7. The summed E-state index contributed by atoms with van der Waals surface area (Å²) < 4.78 is 68.5. The lowest BCUT2D eigenvalue weighted by Gasteiger charge is -2.21. The summed E-state index contributed by atoms with van der Waals surface area (Å²) in [6, 6.07) is 0. The smallest absolute Gasteiger partial charge is 0.462 e. The van der Waals surface area contributed by atoms with E-state index in [0.717, 1.165) is 115 Å². The largest absolute Gasteiger partial charge is 0.472 e. The van der Waals surface area contributed by atoms with E-state index in [9.17, 15) is 43.2 Å². The van der Waals surface area contributed by atoms with Crippen LogP contribution in [-0.4, -0.2) is 96.7 Å². The van der Waals surface area contributed by atoms with Crippen LogP contribution in [-0.2, 0) is 65.4 Å². The van der Waals surface area contributed by atoms with Crippen molar-refractivity contribution in [1.82, 2.24) is 0 Å². The third-order valence-electron chi connectivity index (χ3n) is 17.9. The van der Waals surface area contributed by atoms with Gasteiger partial charge in [0.15, 0.2) is 12.2 Å². The Balaban J connectivity index is 5.19. The topological polar surface area (TPSA) is 237 Å². The minimum absolute atomic E-state index is 0.106. The van der Waals surface area contributed by atoms with Crippen LogP contribution in [0.3, 0.4) is 0 Å². The number of hydrogen-bond acceptors (Lipinski definition) is 15. The fourth-order valence-corrected chi connectivity index (χ4v) is 13.1. The number of aliphatic hydroxyl groups is 1. The van der Waals surface area contributed by atoms with E-state index in [0.29, 0.717) is 37.5 Å². The van der Waals surface area contributed by atoms with Crippen LogP contribution in [0.4, 0.5) is 0 Å².